The van der Waals surface area contributed by atoms with Gasteiger partial charge in [-0.05, 0) is 12.1 Å². The van der Waals surface area contributed by atoms with Crippen molar-refractivity contribution in [3.8, 4) is 11.3 Å². The van der Waals surface area contributed by atoms with Crippen LogP contribution in [-0.2, 0) is 4.84 Å². The van der Waals surface area contributed by atoms with E-state index in [-0.39, 0.29) is 5.91 Å². The van der Waals surface area contributed by atoms with E-state index in [1.807, 2.05) is 30.3 Å². The van der Waals surface area contributed by atoms with Gasteiger partial charge in [0.05, 0.1) is 12.8 Å². The van der Waals surface area contributed by atoms with Crippen molar-refractivity contribution in [3.05, 3.63) is 54.2 Å². The second-order valence-electron chi connectivity index (χ2n) is 3.43. The van der Waals surface area contributed by atoms with Crippen molar-refractivity contribution in [3.63, 3.8) is 0 Å². The smallest absolute Gasteiger partial charge is 0.274 e. The van der Waals surface area contributed by atoms with Crippen LogP contribution in [0.5, 0.6) is 0 Å². The normalized spacial score (nSPS) is 9.94. The van der Waals surface area contributed by atoms with Crippen LogP contribution in [0.4, 0.5) is 0 Å². The van der Waals surface area contributed by atoms with Gasteiger partial charge in [0.1, 0.15) is 0 Å². The molecule has 0 spiro atoms. The van der Waals surface area contributed by atoms with Crippen molar-refractivity contribution < 1.29 is 9.63 Å². The van der Waals surface area contributed by atoms with Crippen LogP contribution in [0.1, 0.15) is 10.4 Å². The minimum atomic E-state index is -0.285. The van der Waals surface area contributed by atoms with Crippen molar-refractivity contribution in [2.75, 3.05) is 7.11 Å². The average Bonchev–Trinajstić information content (AvgIpc) is 2.40. The molecule has 1 aromatic carbocycles. The maximum Gasteiger partial charge on any atom is 0.274 e. The fourth-order valence-corrected chi connectivity index (χ4v) is 1.49. The van der Waals surface area contributed by atoms with Crippen LogP contribution in [0, 0.1) is 0 Å². The minimum absolute atomic E-state index is 0.285. The average molecular weight is 228 g/mol. The van der Waals surface area contributed by atoms with Gasteiger partial charge in [-0.1, -0.05) is 30.3 Å². The molecule has 0 saturated heterocycles. The number of amides is 1. The molecule has 1 amide bonds. The number of pyridine rings is 1. The van der Waals surface area contributed by atoms with Gasteiger partial charge < -0.3 is 0 Å². The molecule has 0 fully saturated rings. The quantitative estimate of drug-likeness (QED) is 0.818. The van der Waals surface area contributed by atoms with Gasteiger partial charge >= 0.3 is 0 Å². The summed E-state index contributed by atoms with van der Waals surface area (Å²) in [7, 11) is 1.40. The van der Waals surface area contributed by atoms with Crippen molar-refractivity contribution in [2.45, 2.75) is 0 Å². The molecule has 0 aliphatic heterocycles. The first-order valence-electron chi connectivity index (χ1n) is 5.16. The molecule has 0 aliphatic carbocycles. The minimum Gasteiger partial charge on any atom is -0.277 e. The van der Waals surface area contributed by atoms with Gasteiger partial charge in [-0.15, -0.1) is 0 Å². The van der Waals surface area contributed by atoms with Crippen LogP contribution in [0.3, 0.4) is 0 Å². The van der Waals surface area contributed by atoms with Crippen molar-refractivity contribution in [2.24, 2.45) is 0 Å². The number of aromatic nitrogens is 1. The third-order valence-electron chi connectivity index (χ3n) is 2.29. The summed E-state index contributed by atoms with van der Waals surface area (Å²) in [6, 6.07) is 13.0. The molecule has 1 heterocycles. The van der Waals surface area contributed by atoms with Crippen LogP contribution in [0.2, 0.25) is 0 Å². The fourth-order valence-electron chi connectivity index (χ4n) is 1.49. The number of carbonyl (C=O) groups is 1. The van der Waals surface area contributed by atoms with E-state index in [0.29, 0.717) is 5.56 Å². The lowest BCUT2D eigenvalue weighted by Crippen LogP contribution is -2.21. The van der Waals surface area contributed by atoms with E-state index >= 15 is 0 Å². The van der Waals surface area contributed by atoms with E-state index in [0.717, 1.165) is 11.3 Å². The second kappa shape index (κ2) is 5.23. The number of carbonyl (C=O) groups excluding carboxylic acids is 1. The van der Waals surface area contributed by atoms with Gasteiger partial charge in [0.15, 0.2) is 0 Å². The predicted octanol–water partition coefficient (Wildman–Crippen LogP) is 2.04. The lowest BCUT2D eigenvalue weighted by molar-refractivity contribution is 0.0537. The number of hydrogen-bond donors (Lipinski definition) is 1. The third kappa shape index (κ3) is 2.68. The van der Waals surface area contributed by atoms with E-state index in [1.54, 1.807) is 18.3 Å². The highest BCUT2D eigenvalue weighted by Gasteiger charge is 2.06. The number of rotatable bonds is 3. The standard InChI is InChI=1S/C13H12N2O2/c1-17-15-13(16)11-7-8-14-12(9-11)10-5-3-2-4-6-10/h2-9H,1H3,(H,15,16). The van der Waals surface area contributed by atoms with Crippen LogP contribution >= 0.6 is 0 Å². The zero-order valence-electron chi connectivity index (χ0n) is 9.38. The topological polar surface area (TPSA) is 51.2 Å². The highest BCUT2D eigenvalue weighted by atomic mass is 16.6. The Bertz CT molecular complexity index is 512. The molecule has 4 nitrogen and oxygen atoms in total. The highest BCUT2D eigenvalue weighted by molar-refractivity contribution is 5.94. The van der Waals surface area contributed by atoms with E-state index in [1.165, 1.54) is 7.11 Å². The molecule has 2 aromatic rings. The first-order chi connectivity index (χ1) is 8.31. The zero-order valence-corrected chi connectivity index (χ0v) is 9.38. The Morgan fingerprint density at radius 1 is 1.24 bits per heavy atom. The van der Waals surface area contributed by atoms with Crippen LogP contribution < -0.4 is 5.48 Å². The van der Waals surface area contributed by atoms with Crippen LogP contribution in [-0.4, -0.2) is 18.0 Å². The maximum absolute atomic E-state index is 11.6. The summed E-state index contributed by atoms with van der Waals surface area (Å²) < 4.78 is 0. The van der Waals surface area contributed by atoms with E-state index < -0.39 is 0 Å². The highest BCUT2D eigenvalue weighted by Crippen LogP contribution is 2.16. The molecule has 2 rings (SSSR count). The lowest BCUT2D eigenvalue weighted by Gasteiger charge is -2.04. The summed E-state index contributed by atoms with van der Waals surface area (Å²) in [6.07, 6.45) is 1.60. The van der Waals surface area contributed by atoms with E-state index in [4.69, 9.17) is 0 Å². The first-order valence-corrected chi connectivity index (χ1v) is 5.16. The van der Waals surface area contributed by atoms with Gasteiger partial charge in [-0.3, -0.25) is 14.6 Å². The SMILES string of the molecule is CONC(=O)c1ccnc(-c2ccccc2)c1. The molecular formula is C13H12N2O2. The summed E-state index contributed by atoms with van der Waals surface area (Å²) in [5.41, 5.74) is 4.52. The van der Waals surface area contributed by atoms with E-state index in [2.05, 4.69) is 15.3 Å². The molecule has 1 N–H and O–H groups in total. The van der Waals surface area contributed by atoms with Crippen LogP contribution in [0.25, 0.3) is 11.3 Å². The van der Waals surface area contributed by atoms with Gasteiger partial charge in [-0.25, -0.2) is 5.48 Å². The molecule has 0 saturated carbocycles. The summed E-state index contributed by atoms with van der Waals surface area (Å²) in [4.78, 5) is 20.4. The Morgan fingerprint density at radius 2 is 2.00 bits per heavy atom. The predicted molar refractivity (Wildman–Crippen MR) is 64.1 cm³/mol. The molecule has 1 aromatic heterocycles. The number of nitrogens with one attached hydrogen (secondary N) is 1. The van der Waals surface area contributed by atoms with Crippen LogP contribution in [0.15, 0.2) is 48.7 Å². The molecule has 86 valence electrons. The molecular weight excluding hydrogens is 216 g/mol. The Kier molecular flexibility index (Phi) is 3.47. The van der Waals surface area contributed by atoms with Gasteiger partial charge in [0.25, 0.3) is 5.91 Å². The second-order valence-corrected chi connectivity index (χ2v) is 3.43. The number of nitrogens with zero attached hydrogens (tertiary/aromatic N) is 1. The summed E-state index contributed by atoms with van der Waals surface area (Å²) in [5, 5.41) is 0. The monoisotopic (exact) mass is 228 g/mol. The van der Waals surface area contributed by atoms with Gasteiger partial charge in [-0.2, -0.15) is 0 Å². The van der Waals surface area contributed by atoms with Crippen molar-refractivity contribution in [1.29, 1.82) is 0 Å². The number of hydrogen-bond acceptors (Lipinski definition) is 3. The van der Waals surface area contributed by atoms with Crippen molar-refractivity contribution >= 4 is 5.91 Å². The fraction of sp³-hybridized carbons (Fsp3) is 0.0769. The molecule has 17 heavy (non-hydrogen) atoms. The first kappa shape index (κ1) is 11.3. The molecule has 4 heteroatoms. The zero-order chi connectivity index (χ0) is 12.1. The molecule has 0 bridgehead atoms. The summed E-state index contributed by atoms with van der Waals surface area (Å²) in [5.74, 6) is -0.285. The van der Waals surface area contributed by atoms with E-state index in [9.17, 15) is 4.79 Å². The molecule has 0 aliphatic rings. The third-order valence-corrected chi connectivity index (χ3v) is 2.29. The Labute approximate surface area is 99.2 Å². The summed E-state index contributed by atoms with van der Waals surface area (Å²) >= 11 is 0. The Balaban J connectivity index is 2.32. The van der Waals surface area contributed by atoms with Gasteiger partial charge in [0.2, 0.25) is 0 Å². The molecule has 0 atom stereocenters. The maximum atomic E-state index is 11.6. The molecule has 0 unspecified atom stereocenters. The van der Waals surface area contributed by atoms with Gasteiger partial charge in [0, 0.05) is 17.3 Å². The summed E-state index contributed by atoms with van der Waals surface area (Å²) in [6.45, 7) is 0. The molecule has 0 radical (unpaired) electrons. The number of benzene rings is 1. The Hall–Kier alpha value is -2.20. The van der Waals surface area contributed by atoms with Crippen molar-refractivity contribution in [1.82, 2.24) is 10.5 Å². The largest absolute Gasteiger partial charge is 0.277 e. The Morgan fingerprint density at radius 3 is 2.71 bits per heavy atom. The number of hydroxylamine groups is 1. The lowest BCUT2D eigenvalue weighted by atomic mass is 10.1.